The van der Waals surface area contributed by atoms with E-state index in [2.05, 4.69) is 0 Å². The fourth-order valence-corrected chi connectivity index (χ4v) is 4.25. The summed E-state index contributed by atoms with van der Waals surface area (Å²) in [5.41, 5.74) is 6.60. The Kier molecular flexibility index (Phi) is 3.82. The Morgan fingerprint density at radius 3 is 2.95 bits per heavy atom. The number of halogens is 1. The number of nitrogen functional groups attached to an aromatic ring is 1. The van der Waals surface area contributed by atoms with Gasteiger partial charge in [-0.05, 0) is 25.5 Å². The van der Waals surface area contributed by atoms with Crippen molar-refractivity contribution in [2.24, 2.45) is 5.92 Å². The predicted molar refractivity (Wildman–Crippen MR) is 86.9 cm³/mol. The van der Waals surface area contributed by atoms with Gasteiger partial charge >= 0.3 is 0 Å². The molecular weight excluding hydrogens is 308 g/mol. The molecule has 1 aromatic heterocycles. The lowest BCUT2D eigenvalue weighted by molar-refractivity contribution is 0.0768. The minimum atomic E-state index is -0.392. The molecule has 0 aliphatic carbocycles. The molecule has 0 saturated carbocycles. The number of carbonyl (C=O) groups excluding carboxylic acids is 1. The number of hydrogen-bond donors (Lipinski definition) is 2. The number of nitrogens with two attached hydrogens (primary N) is 1. The summed E-state index contributed by atoms with van der Waals surface area (Å²) in [6.45, 7) is 3.01. The van der Waals surface area contributed by atoms with Crippen LogP contribution in [0.4, 0.5) is 5.69 Å². The number of aliphatic hydroxyl groups is 1. The molecular formula is C15H17ClN2O2S. The molecule has 6 heteroatoms. The van der Waals surface area contributed by atoms with Gasteiger partial charge in [0.05, 0.1) is 16.8 Å². The van der Waals surface area contributed by atoms with Crippen molar-refractivity contribution in [3.05, 3.63) is 28.1 Å². The van der Waals surface area contributed by atoms with Gasteiger partial charge in [-0.3, -0.25) is 4.79 Å². The van der Waals surface area contributed by atoms with Gasteiger partial charge < -0.3 is 15.7 Å². The normalized spacial score (nSPS) is 20.1. The Hall–Kier alpha value is -1.30. The zero-order valence-electron chi connectivity index (χ0n) is 11.7. The zero-order chi connectivity index (χ0) is 15.1. The number of hydrogen-bond acceptors (Lipinski definition) is 4. The van der Waals surface area contributed by atoms with Gasteiger partial charge in [0.25, 0.3) is 5.91 Å². The predicted octanol–water partition coefficient (Wildman–Crippen LogP) is 2.98. The zero-order valence-corrected chi connectivity index (χ0v) is 13.2. The van der Waals surface area contributed by atoms with Crippen LogP contribution in [-0.4, -0.2) is 35.1 Å². The molecule has 0 bridgehead atoms. The van der Waals surface area contributed by atoms with Gasteiger partial charge in [-0.1, -0.05) is 17.7 Å². The molecule has 2 heterocycles. The van der Waals surface area contributed by atoms with Crippen LogP contribution >= 0.6 is 22.9 Å². The van der Waals surface area contributed by atoms with Crippen LogP contribution in [0.25, 0.3) is 10.1 Å². The minimum Gasteiger partial charge on any atom is -0.397 e. The summed E-state index contributed by atoms with van der Waals surface area (Å²) in [4.78, 5) is 15.0. The molecule has 21 heavy (non-hydrogen) atoms. The smallest absolute Gasteiger partial charge is 0.266 e. The molecule has 2 atom stereocenters. The number of thiophene rings is 1. The van der Waals surface area contributed by atoms with E-state index in [1.807, 2.05) is 12.1 Å². The van der Waals surface area contributed by atoms with Crippen molar-refractivity contribution in [2.45, 2.75) is 19.4 Å². The lowest BCUT2D eigenvalue weighted by Crippen LogP contribution is -2.30. The molecule has 1 aliphatic heterocycles. The topological polar surface area (TPSA) is 66.6 Å². The molecule has 0 radical (unpaired) electrons. The second kappa shape index (κ2) is 5.48. The molecule has 0 spiro atoms. The van der Waals surface area contributed by atoms with Gasteiger partial charge in [-0.15, -0.1) is 11.3 Å². The Morgan fingerprint density at radius 2 is 2.33 bits per heavy atom. The summed E-state index contributed by atoms with van der Waals surface area (Å²) in [6.07, 6.45) is 0.437. The molecule has 3 rings (SSSR count). The van der Waals surface area contributed by atoms with Crippen LogP contribution in [0.2, 0.25) is 5.02 Å². The number of aliphatic hydroxyl groups excluding tert-OH is 1. The van der Waals surface area contributed by atoms with E-state index in [-0.39, 0.29) is 11.8 Å². The monoisotopic (exact) mass is 324 g/mol. The fourth-order valence-electron chi connectivity index (χ4n) is 2.80. The number of benzene rings is 1. The highest BCUT2D eigenvalue weighted by molar-refractivity contribution is 7.21. The van der Waals surface area contributed by atoms with Crippen LogP contribution < -0.4 is 5.73 Å². The molecule has 1 aliphatic rings. The van der Waals surface area contributed by atoms with E-state index in [0.717, 1.165) is 16.5 Å². The minimum absolute atomic E-state index is 0.0621. The van der Waals surface area contributed by atoms with E-state index < -0.39 is 6.10 Å². The number of anilines is 1. The van der Waals surface area contributed by atoms with E-state index in [0.29, 0.717) is 28.7 Å². The number of fused-ring (bicyclic) bond motifs is 1. The van der Waals surface area contributed by atoms with Gasteiger partial charge in [0.15, 0.2) is 0 Å². The quantitative estimate of drug-likeness (QED) is 0.892. The van der Waals surface area contributed by atoms with Gasteiger partial charge in [-0.2, -0.15) is 0 Å². The molecule has 1 saturated heterocycles. The maximum atomic E-state index is 12.6. The first-order valence-corrected chi connectivity index (χ1v) is 8.12. The lowest BCUT2D eigenvalue weighted by Gasteiger charge is -2.17. The summed E-state index contributed by atoms with van der Waals surface area (Å²) < 4.78 is 0.926. The average Bonchev–Trinajstić information content (AvgIpc) is 3.04. The maximum Gasteiger partial charge on any atom is 0.266 e. The van der Waals surface area contributed by atoms with E-state index in [4.69, 9.17) is 17.3 Å². The van der Waals surface area contributed by atoms with E-state index in [1.54, 1.807) is 17.9 Å². The van der Waals surface area contributed by atoms with Crippen LogP contribution in [-0.2, 0) is 0 Å². The van der Waals surface area contributed by atoms with Crippen molar-refractivity contribution < 1.29 is 9.90 Å². The molecule has 4 nitrogen and oxygen atoms in total. The summed E-state index contributed by atoms with van der Waals surface area (Å²) >= 11 is 7.55. The third-order valence-corrected chi connectivity index (χ3v) is 5.56. The summed E-state index contributed by atoms with van der Waals surface area (Å²) in [5, 5.41) is 11.0. The number of amides is 1. The van der Waals surface area contributed by atoms with Crippen LogP contribution in [0.15, 0.2) is 18.2 Å². The summed E-state index contributed by atoms with van der Waals surface area (Å²) in [5.74, 6) is 0.0843. The standard InChI is InChI=1S/C15H17ClN2O2S/c1-8(19)9-5-6-18(7-9)15(20)14-13(17)12-10(16)3-2-4-11(12)21-14/h2-4,8-9,19H,5-7,17H2,1H3. The number of rotatable bonds is 2. The molecule has 1 amide bonds. The van der Waals surface area contributed by atoms with Crippen LogP contribution in [0.3, 0.4) is 0 Å². The maximum absolute atomic E-state index is 12.6. The van der Waals surface area contributed by atoms with E-state index >= 15 is 0 Å². The Balaban J connectivity index is 1.93. The van der Waals surface area contributed by atoms with Crippen LogP contribution in [0, 0.1) is 5.92 Å². The third-order valence-electron chi connectivity index (χ3n) is 4.09. The molecule has 3 N–H and O–H groups in total. The van der Waals surface area contributed by atoms with Gasteiger partial charge in [0.1, 0.15) is 4.88 Å². The second-order valence-corrected chi connectivity index (χ2v) is 6.96. The number of nitrogens with zero attached hydrogens (tertiary/aromatic N) is 1. The number of carbonyl (C=O) groups is 1. The van der Waals surface area contributed by atoms with Gasteiger partial charge in [0, 0.05) is 29.1 Å². The van der Waals surface area contributed by atoms with Crippen molar-refractivity contribution in [3.8, 4) is 0 Å². The van der Waals surface area contributed by atoms with Crippen molar-refractivity contribution >= 4 is 44.6 Å². The van der Waals surface area contributed by atoms with Crippen molar-refractivity contribution in [1.29, 1.82) is 0 Å². The average molecular weight is 325 g/mol. The Labute approximate surface area is 132 Å². The van der Waals surface area contributed by atoms with Gasteiger partial charge in [-0.25, -0.2) is 0 Å². The van der Waals surface area contributed by atoms with E-state index in [1.165, 1.54) is 11.3 Å². The molecule has 112 valence electrons. The molecule has 2 aromatic rings. The number of likely N-dealkylation sites (tertiary alicyclic amines) is 1. The molecule has 2 unspecified atom stereocenters. The fraction of sp³-hybridized carbons (Fsp3) is 0.400. The Morgan fingerprint density at radius 1 is 1.57 bits per heavy atom. The molecule has 1 aromatic carbocycles. The Bertz CT molecular complexity index is 698. The SMILES string of the molecule is CC(O)C1CCN(C(=O)c2sc3cccc(Cl)c3c2N)C1. The summed E-state index contributed by atoms with van der Waals surface area (Å²) in [7, 11) is 0. The van der Waals surface area contributed by atoms with Crippen molar-refractivity contribution in [2.75, 3.05) is 18.8 Å². The third kappa shape index (κ3) is 2.50. The van der Waals surface area contributed by atoms with Crippen molar-refractivity contribution in [3.63, 3.8) is 0 Å². The highest BCUT2D eigenvalue weighted by atomic mass is 35.5. The van der Waals surface area contributed by atoms with Gasteiger partial charge in [0.2, 0.25) is 0 Å². The first kappa shape index (κ1) is 14.6. The largest absolute Gasteiger partial charge is 0.397 e. The first-order chi connectivity index (χ1) is 9.99. The molecule has 1 fully saturated rings. The van der Waals surface area contributed by atoms with Crippen molar-refractivity contribution in [1.82, 2.24) is 4.90 Å². The first-order valence-electron chi connectivity index (χ1n) is 6.93. The summed E-state index contributed by atoms with van der Waals surface area (Å²) in [6, 6.07) is 5.55. The second-order valence-electron chi connectivity index (χ2n) is 5.50. The van der Waals surface area contributed by atoms with Crippen LogP contribution in [0.1, 0.15) is 23.0 Å². The lowest BCUT2D eigenvalue weighted by atomic mass is 10.0. The van der Waals surface area contributed by atoms with E-state index in [9.17, 15) is 9.90 Å². The highest BCUT2D eigenvalue weighted by Crippen LogP contribution is 2.39. The highest BCUT2D eigenvalue weighted by Gasteiger charge is 2.31. The van der Waals surface area contributed by atoms with Crippen LogP contribution in [0.5, 0.6) is 0 Å².